The van der Waals surface area contributed by atoms with Crippen LogP contribution in [0.15, 0.2) is 0 Å². The van der Waals surface area contributed by atoms with E-state index in [0.717, 1.165) is 25.0 Å². The smallest absolute Gasteiger partial charge is 0.212 e. The molecule has 0 heterocycles. The molecular formula is C10H21NO2S2. The first-order valence-electron chi connectivity index (χ1n) is 5.60. The van der Waals surface area contributed by atoms with Crippen LogP contribution in [0, 0.1) is 0 Å². The molecule has 0 aromatic carbocycles. The van der Waals surface area contributed by atoms with Crippen LogP contribution in [0.1, 0.15) is 40.0 Å². The maximum absolute atomic E-state index is 11.7. The fourth-order valence-electron chi connectivity index (χ4n) is 1.82. The van der Waals surface area contributed by atoms with Crippen LogP contribution in [0.4, 0.5) is 0 Å². The number of hydrogen-bond acceptors (Lipinski definition) is 3. The molecule has 0 saturated heterocycles. The summed E-state index contributed by atoms with van der Waals surface area (Å²) >= 11 is 1.87. The zero-order chi connectivity index (χ0) is 11.5. The second-order valence-corrected chi connectivity index (χ2v) is 8.03. The van der Waals surface area contributed by atoms with Gasteiger partial charge in [0.1, 0.15) is 0 Å². The summed E-state index contributed by atoms with van der Waals surface area (Å²) in [5, 5.41) is 0.147. The van der Waals surface area contributed by atoms with Crippen LogP contribution in [0.2, 0.25) is 0 Å². The zero-order valence-electron chi connectivity index (χ0n) is 9.69. The molecule has 0 amide bonds. The number of nitrogens with one attached hydrogen (secondary N) is 1. The van der Waals surface area contributed by atoms with Crippen LogP contribution in [0.25, 0.3) is 0 Å². The van der Waals surface area contributed by atoms with Gasteiger partial charge in [0.25, 0.3) is 0 Å². The fourth-order valence-corrected chi connectivity index (χ4v) is 4.08. The van der Waals surface area contributed by atoms with Gasteiger partial charge in [-0.2, -0.15) is 11.8 Å². The summed E-state index contributed by atoms with van der Waals surface area (Å²) in [6, 6.07) is 0.155. The first-order chi connectivity index (χ1) is 6.97. The Hall–Kier alpha value is 0.260. The molecule has 1 N–H and O–H groups in total. The Bertz CT molecular complexity index is 288. The van der Waals surface area contributed by atoms with Gasteiger partial charge in [-0.1, -0.05) is 13.3 Å². The van der Waals surface area contributed by atoms with E-state index in [4.69, 9.17) is 0 Å². The highest BCUT2D eigenvalue weighted by Gasteiger charge is 2.31. The molecule has 1 saturated carbocycles. The lowest BCUT2D eigenvalue weighted by Gasteiger charge is -2.21. The van der Waals surface area contributed by atoms with Gasteiger partial charge in [0.05, 0.1) is 5.25 Å². The minimum Gasteiger partial charge on any atom is -0.212 e. The molecule has 0 radical (unpaired) electrons. The standard InChI is InChI=1S/C10H21NO2S2/c1-4-14-10-7-5-6-9(10)11-15(12,13)8(2)3/h8-11H,4-7H2,1-3H3. The molecule has 0 aromatic heterocycles. The third kappa shape index (κ3) is 3.64. The van der Waals surface area contributed by atoms with Crippen molar-refractivity contribution >= 4 is 21.8 Å². The maximum Gasteiger partial charge on any atom is 0.214 e. The van der Waals surface area contributed by atoms with Gasteiger partial charge >= 0.3 is 0 Å². The lowest BCUT2D eigenvalue weighted by Crippen LogP contribution is -2.42. The van der Waals surface area contributed by atoms with E-state index in [0.29, 0.717) is 5.25 Å². The molecule has 0 bridgehead atoms. The molecule has 3 nitrogen and oxygen atoms in total. The van der Waals surface area contributed by atoms with E-state index >= 15 is 0 Å². The van der Waals surface area contributed by atoms with Crippen molar-refractivity contribution in [2.24, 2.45) is 0 Å². The summed E-state index contributed by atoms with van der Waals surface area (Å²) in [7, 11) is -3.10. The molecule has 1 aliphatic carbocycles. The van der Waals surface area contributed by atoms with Gasteiger partial charge < -0.3 is 0 Å². The van der Waals surface area contributed by atoms with E-state index in [1.165, 1.54) is 0 Å². The minimum absolute atomic E-state index is 0.155. The third-order valence-corrected chi connectivity index (χ3v) is 5.97. The van der Waals surface area contributed by atoms with E-state index in [1.807, 2.05) is 11.8 Å². The van der Waals surface area contributed by atoms with Crippen molar-refractivity contribution in [2.75, 3.05) is 5.75 Å². The van der Waals surface area contributed by atoms with E-state index in [-0.39, 0.29) is 11.3 Å². The summed E-state index contributed by atoms with van der Waals surface area (Å²) in [6.45, 7) is 5.56. The van der Waals surface area contributed by atoms with Crippen LogP contribution >= 0.6 is 11.8 Å². The van der Waals surface area contributed by atoms with Crippen molar-refractivity contribution in [2.45, 2.75) is 56.6 Å². The maximum atomic E-state index is 11.7. The highest BCUT2D eigenvalue weighted by molar-refractivity contribution is 8.00. The topological polar surface area (TPSA) is 46.2 Å². The van der Waals surface area contributed by atoms with E-state index in [2.05, 4.69) is 11.6 Å². The average Bonchev–Trinajstić information content (AvgIpc) is 2.52. The van der Waals surface area contributed by atoms with Gasteiger partial charge in [0.15, 0.2) is 0 Å². The van der Waals surface area contributed by atoms with Gasteiger partial charge in [-0.15, -0.1) is 0 Å². The van der Waals surface area contributed by atoms with E-state index < -0.39 is 10.0 Å². The highest BCUT2D eigenvalue weighted by Crippen LogP contribution is 2.30. The van der Waals surface area contributed by atoms with Crippen LogP contribution in [-0.4, -0.2) is 30.7 Å². The molecule has 90 valence electrons. The van der Waals surface area contributed by atoms with Crippen LogP contribution < -0.4 is 4.72 Å². The van der Waals surface area contributed by atoms with Crippen LogP contribution in [-0.2, 0) is 10.0 Å². The average molecular weight is 251 g/mol. The summed E-state index contributed by atoms with van der Waals surface area (Å²) in [5.74, 6) is 1.06. The number of thioether (sulfide) groups is 1. The second-order valence-electron chi connectivity index (χ2n) is 4.24. The Balaban J connectivity index is 2.57. The molecule has 2 atom stereocenters. The summed E-state index contributed by atoms with van der Waals surface area (Å²) in [5.41, 5.74) is 0. The Morgan fingerprint density at radius 1 is 1.40 bits per heavy atom. The number of rotatable bonds is 5. The van der Waals surface area contributed by atoms with E-state index in [1.54, 1.807) is 13.8 Å². The molecule has 0 spiro atoms. The monoisotopic (exact) mass is 251 g/mol. The predicted octanol–water partition coefficient (Wildman–Crippen LogP) is 1.99. The normalized spacial score (nSPS) is 27.5. The number of sulfonamides is 1. The Morgan fingerprint density at radius 3 is 2.60 bits per heavy atom. The molecule has 15 heavy (non-hydrogen) atoms. The van der Waals surface area contributed by atoms with Crippen LogP contribution in [0.3, 0.4) is 0 Å². The van der Waals surface area contributed by atoms with Gasteiger partial charge in [0.2, 0.25) is 10.0 Å². The Kier molecular flexibility index (Phi) is 4.93. The van der Waals surface area contributed by atoms with Gasteiger partial charge in [-0.05, 0) is 32.4 Å². The highest BCUT2D eigenvalue weighted by atomic mass is 32.2. The first kappa shape index (κ1) is 13.3. The molecular weight excluding hydrogens is 230 g/mol. The lowest BCUT2D eigenvalue weighted by molar-refractivity contribution is 0.547. The quantitative estimate of drug-likeness (QED) is 0.813. The molecule has 0 aliphatic heterocycles. The van der Waals surface area contributed by atoms with Crippen molar-refractivity contribution < 1.29 is 8.42 Å². The van der Waals surface area contributed by atoms with Gasteiger partial charge in [-0.3, -0.25) is 0 Å². The molecule has 2 unspecified atom stereocenters. The molecule has 1 fully saturated rings. The summed E-state index contributed by atoms with van der Waals surface area (Å²) in [6.07, 6.45) is 3.27. The predicted molar refractivity (Wildman–Crippen MR) is 66.8 cm³/mol. The second kappa shape index (κ2) is 5.55. The Labute approximate surface area is 97.5 Å². The van der Waals surface area contributed by atoms with E-state index in [9.17, 15) is 8.42 Å². The summed E-state index contributed by atoms with van der Waals surface area (Å²) < 4.78 is 26.3. The van der Waals surface area contributed by atoms with Gasteiger partial charge in [0, 0.05) is 11.3 Å². The molecule has 1 aliphatic rings. The fraction of sp³-hybridized carbons (Fsp3) is 1.00. The third-order valence-electron chi connectivity index (χ3n) is 2.77. The van der Waals surface area contributed by atoms with Crippen molar-refractivity contribution in [1.82, 2.24) is 4.72 Å². The molecule has 0 aromatic rings. The molecule has 5 heteroatoms. The number of hydrogen-bond donors (Lipinski definition) is 1. The van der Waals surface area contributed by atoms with Crippen molar-refractivity contribution in [3.8, 4) is 0 Å². The zero-order valence-corrected chi connectivity index (χ0v) is 11.3. The van der Waals surface area contributed by atoms with Gasteiger partial charge in [-0.25, -0.2) is 13.1 Å². The van der Waals surface area contributed by atoms with Crippen molar-refractivity contribution in [1.29, 1.82) is 0 Å². The SMILES string of the molecule is CCSC1CCCC1NS(=O)(=O)C(C)C. The van der Waals surface area contributed by atoms with Crippen molar-refractivity contribution in [3.05, 3.63) is 0 Å². The lowest BCUT2D eigenvalue weighted by atomic mass is 10.3. The molecule has 1 rings (SSSR count). The largest absolute Gasteiger partial charge is 0.214 e. The minimum atomic E-state index is -3.10. The Morgan fingerprint density at radius 2 is 2.07 bits per heavy atom. The van der Waals surface area contributed by atoms with Crippen molar-refractivity contribution in [3.63, 3.8) is 0 Å². The first-order valence-corrected chi connectivity index (χ1v) is 8.19. The van der Waals surface area contributed by atoms with Crippen LogP contribution in [0.5, 0.6) is 0 Å². The summed E-state index contributed by atoms with van der Waals surface area (Å²) in [4.78, 5) is 0.